The number of aryl methyl sites for hydroxylation is 1. The largest absolute Gasteiger partial charge is 0.444 e. The quantitative estimate of drug-likeness (QED) is 0.503. The number of piperazine rings is 1. The van der Waals surface area contributed by atoms with Crippen LogP contribution in [0, 0.1) is 6.92 Å². The van der Waals surface area contributed by atoms with Gasteiger partial charge >= 0.3 is 6.09 Å². The van der Waals surface area contributed by atoms with E-state index in [1.165, 1.54) is 18.3 Å². The number of carbonyl (C=O) groups excluding carboxylic acids is 1. The van der Waals surface area contributed by atoms with E-state index in [1.54, 1.807) is 35.2 Å². The van der Waals surface area contributed by atoms with Crippen molar-refractivity contribution in [2.75, 3.05) is 31.1 Å². The molecule has 1 saturated heterocycles. The summed E-state index contributed by atoms with van der Waals surface area (Å²) in [5, 5.41) is 4.52. The minimum absolute atomic E-state index is 0.139. The van der Waals surface area contributed by atoms with Crippen LogP contribution in [-0.2, 0) is 14.8 Å². The first-order valence-electron chi connectivity index (χ1n) is 10.6. The van der Waals surface area contributed by atoms with Crippen LogP contribution in [0.4, 0.5) is 10.5 Å². The zero-order chi connectivity index (χ0) is 24.2. The average molecular weight is 493 g/mol. The van der Waals surface area contributed by atoms with Crippen molar-refractivity contribution in [1.29, 1.82) is 0 Å². The van der Waals surface area contributed by atoms with Gasteiger partial charge in [0.15, 0.2) is 0 Å². The summed E-state index contributed by atoms with van der Waals surface area (Å²) in [5.74, 6) is 0. The summed E-state index contributed by atoms with van der Waals surface area (Å²) in [6.45, 7) is 9.56. The molecule has 2 aromatic rings. The fourth-order valence-corrected chi connectivity index (χ4v) is 4.25. The van der Waals surface area contributed by atoms with E-state index in [9.17, 15) is 13.2 Å². The highest BCUT2D eigenvalue weighted by molar-refractivity contribution is 7.89. The lowest BCUT2D eigenvalue weighted by atomic mass is 10.1. The Balaban J connectivity index is 1.70. The van der Waals surface area contributed by atoms with Crippen LogP contribution in [0.2, 0.25) is 5.02 Å². The Kier molecular flexibility index (Phi) is 7.54. The number of amides is 1. The normalized spacial score (nSPS) is 15.1. The number of benzene rings is 2. The van der Waals surface area contributed by atoms with Crippen LogP contribution in [0.5, 0.6) is 0 Å². The lowest BCUT2D eigenvalue weighted by Crippen LogP contribution is -2.50. The SMILES string of the molecule is Cc1ccc(S(=O)(=O)N/N=C/c2ccc(Cl)cc2N2CCN(C(=O)OC(C)(C)C)CC2)cc1. The number of nitrogens with zero attached hydrogens (tertiary/aromatic N) is 3. The second-order valence-electron chi connectivity index (χ2n) is 8.82. The number of rotatable bonds is 5. The third kappa shape index (κ3) is 6.85. The second-order valence-corrected chi connectivity index (χ2v) is 10.9. The van der Waals surface area contributed by atoms with Crippen molar-refractivity contribution >= 4 is 39.6 Å². The minimum atomic E-state index is -3.77. The molecule has 178 valence electrons. The maximum Gasteiger partial charge on any atom is 0.410 e. The fourth-order valence-electron chi connectivity index (χ4n) is 3.29. The van der Waals surface area contributed by atoms with E-state index in [0.717, 1.165) is 11.3 Å². The second kappa shape index (κ2) is 10.0. The molecule has 0 bridgehead atoms. The van der Waals surface area contributed by atoms with Gasteiger partial charge in [0.05, 0.1) is 11.1 Å². The monoisotopic (exact) mass is 492 g/mol. The number of nitrogens with one attached hydrogen (secondary N) is 1. The van der Waals surface area contributed by atoms with E-state index in [0.29, 0.717) is 36.8 Å². The highest BCUT2D eigenvalue weighted by Gasteiger charge is 2.26. The Morgan fingerprint density at radius 1 is 1.09 bits per heavy atom. The number of hydrogen-bond acceptors (Lipinski definition) is 6. The lowest BCUT2D eigenvalue weighted by molar-refractivity contribution is 0.0240. The molecule has 10 heteroatoms. The van der Waals surface area contributed by atoms with Gasteiger partial charge in [-0.25, -0.2) is 9.63 Å². The van der Waals surface area contributed by atoms with E-state index in [1.807, 2.05) is 27.7 Å². The van der Waals surface area contributed by atoms with Crippen LogP contribution in [0.15, 0.2) is 52.5 Å². The van der Waals surface area contributed by atoms with Crippen LogP contribution in [0.1, 0.15) is 31.9 Å². The zero-order valence-corrected chi connectivity index (χ0v) is 20.8. The highest BCUT2D eigenvalue weighted by atomic mass is 35.5. The molecule has 0 spiro atoms. The van der Waals surface area contributed by atoms with Crippen molar-refractivity contribution in [3.05, 3.63) is 58.6 Å². The molecule has 0 radical (unpaired) electrons. The first-order chi connectivity index (χ1) is 15.4. The van der Waals surface area contributed by atoms with Gasteiger partial charge in [-0.1, -0.05) is 29.3 Å². The maximum atomic E-state index is 12.5. The van der Waals surface area contributed by atoms with Crippen molar-refractivity contribution < 1.29 is 17.9 Å². The van der Waals surface area contributed by atoms with Crippen LogP contribution in [0.3, 0.4) is 0 Å². The summed E-state index contributed by atoms with van der Waals surface area (Å²) in [4.78, 5) is 18.5. The van der Waals surface area contributed by atoms with Crippen LogP contribution in [-0.4, -0.2) is 57.4 Å². The molecule has 1 fully saturated rings. The third-order valence-corrected chi connectivity index (χ3v) is 6.45. The van der Waals surface area contributed by atoms with Gasteiger partial charge in [0, 0.05) is 42.5 Å². The molecule has 1 aliphatic heterocycles. The van der Waals surface area contributed by atoms with Gasteiger partial charge in [-0.15, -0.1) is 0 Å². The summed E-state index contributed by atoms with van der Waals surface area (Å²) in [7, 11) is -3.77. The molecule has 1 aliphatic rings. The van der Waals surface area contributed by atoms with Crippen LogP contribution in [0.25, 0.3) is 0 Å². The van der Waals surface area contributed by atoms with Gasteiger partial charge in [-0.05, 0) is 58.0 Å². The predicted octanol–water partition coefficient (Wildman–Crippen LogP) is 4.02. The minimum Gasteiger partial charge on any atom is -0.444 e. The summed E-state index contributed by atoms with van der Waals surface area (Å²) in [5.41, 5.74) is 1.94. The Morgan fingerprint density at radius 3 is 2.33 bits per heavy atom. The molecule has 1 heterocycles. The smallest absolute Gasteiger partial charge is 0.410 e. The topological polar surface area (TPSA) is 91.3 Å². The predicted molar refractivity (Wildman–Crippen MR) is 131 cm³/mol. The molecular weight excluding hydrogens is 464 g/mol. The number of carbonyl (C=O) groups is 1. The average Bonchev–Trinajstić information content (AvgIpc) is 2.74. The number of ether oxygens (including phenoxy) is 1. The molecular formula is C23H29ClN4O4S. The molecule has 0 unspecified atom stereocenters. The summed E-state index contributed by atoms with van der Waals surface area (Å²) in [6.07, 6.45) is 1.12. The number of hydrogen-bond donors (Lipinski definition) is 1. The van der Waals surface area contributed by atoms with Crippen molar-refractivity contribution in [1.82, 2.24) is 9.73 Å². The molecule has 0 aliphatic carbocycles. The number of anilines is 1. The van der Waals surface area contributed by atoms with E-state index < -0.39 is 15.6 Å². The van der Waals surface area contributed by atoms with Crippen molar-refractivity contribution in [2.45, 2.75) is 38.2 Å². The highest BCUT2D eigenvalue weighted by Crippen LogP contribution is 2.25. The molecule has 0 aromatic heterocycles. The van der Waals surface area contributed by atoms with Gasteiger partial charge in [-0.3, -0.25) is 0 Å². The first kappa shape index (κ1) is 24.9. The molecule has 33 heavy (non-hydrogen) atoms. The fraction of sp³-hybridized carbons (Fsp3) is 0.391. The maximum absolute atomic E-state index is 12.5. The molecule has 1 N–H and O–H groups in total. The van der Waals surface area contributed by atoms with Gasteiger partial charge < -0.3 is 14.5 Å². The third-order valence-electron chi connectivity index (χ3n) is 4.97. The Labute approximate surface area is 200 Å². The van der Waals surface area contributed by atoms with E-state index in [-0.39, 0.29) is 11.0 Å². The zero-order valence-electron chi connectivity index (χ0n) is 19.2. The summed E-state index contributed by atoms with van der Waals surface area (Å²) < 4.78 is 30.4. The molecule has 2 aromatic carbocycles. The van der Waals surface area contributed by atoms with Gasteiger partial charge in [0.2, 0.25) is 0 Å². The van der Waals surface area contributed by atoms with E-state index in [4.69, 9.17) is 16.3 Å². The summed E-state index contributed by atoms with van der Waals surface area (Å²) in [6, 6.07) is 11.8. The van der Waals surface area contributed by atoms with Crippen molar-refractivity contribution in [2.24, 2.45) is 5.10 Å². The standard InChI is InChI=1S/C23H29ClN4O4S/c1-17-5-9-20(10-6-17)33(30,31)26-25-16-18-7-8-19(24)15-21(18)27-11-13-28(14-12-27)22(29)32-23(2,3)4/h5-10,15-16,26H,11-14H2,1-4H3/b25-16+. The molecule has 1 amide bonds. The molecule has 3 rings (SSSR count). The van der Waals surface area contributed by atoms with Crippen molar-refractivity contribution in [3.8, 4) is 0 Å². The molecule has 8 nitrogen and oxygen atoms in total. The first-order valence-corrected chi connectivity index (χ1v) is 12.4. The number of halogens is 1. The van der Waals surface area contributed by atoms with Crippen LogP contribution < -0.4 is 9.73 Å². The Hall–Kier alpha value is -2.78. The Bertz CT molecular complexity index is 1120. The van der Waals surface area contributed by atoms with E-state index >= 15 is 0 Å². The molecule has 0 saturated carbocycles. The van der Waals surface area contributed by atoms with Crippen molar-refractivity contribution in [3.63, 3.8) is 0 Å². The van der Waals surface area contributed by atoms with E-state index in [2.05, 4.69) is 14.8 Å². The van der Waals surface area contributed by atoms with Gasteiger partial charge in [0.25, 0.3) is 10.0 Å². The Morgan fingerprint density at radius 2 is 1.73 bits per heavy atom. The molecule has 0 atom stereocenters. The van der Waals surface area contributed by atoms with Gasteiger partial charge in [-0.2, -0.15) is 13.5 Å². The van der Waals surface area contributed by atoms with Gasteiger partial charge in [0.1, 0.15) is 5.60 Å². The van der Waals surface area contributed by atoms with Crippen LogP contribution >= 0.6 is 11.6 Å². The number of sulfonamides is 1. The number of hydrazone groups is 1. The summed E-state index contributed by atoms with van der Waals surface area (Å²) >= 11 is 6.22. The lowest BCUT2D eigenvalue weighted by Gasteiger charge is -2.37.